The highest BCUT2D eigenvalue weighted by Gasteiger charge is 2.08. The van der Waals surface area contributed by atoms with E-state index in [-0.39, 0.29) is 29.5 Å². The number of aromatic hydroxyl groups is 1. The molecule has 1 aromatic carbocycles. The Kier molecular flexibility index (Phi) is 4.76. The number of aldehydes is 1. The number of ether oxygens (including phenoxy) is 1. The monoisotopic (exact) mass is 247 g/mol. The molecular formula is C13H13NO4. The van der Waals surface area contributed by atoms with Gasteiger partial charge in [0.1, 0.15) is 6.29 Å². The summed E-state index contributed by atoms with van der Waals surface area (Å²) in [4.78, 5) is 21.3. The molecule has 0 bridgehead atoms. The van der Waals surface area contributed by atoms with Crippen LogP contribution in [-0.2, 0) is 4.79 Å². The SMILES string of the molecule is COc1cc(C=O)cc(C#CCNC(C)=O)c1O. The molecule has 18 heavy (non-hydrogen) atoms. The zero-order valence-corrected chi connectivity index (χ0v) is 10.1. The van der Waals surface area contributed by atoms with Crippen LogP contribution in [0.5, 0.6) is 11.5 Å². The molecule has 5 heteroatoms. The number of benzene rings is 1. The van der Waals surface area contributed by atoms with Crippen LogP contribution >= 0.6 is 0 Å². The molecule has 94 valence electrons. The summed E-state index contributed by atoms with van der Waals surface area (Å²) >= 11 is 0. The van der Waals surface area contributed by atoms with Gasteiger partial charge in [-0.2, -0.15) is 0 Å². The summed E-state index contributed by atoms with van der Waals surface area (Å²) in [6.07, 6.45) is 0.640. The quantitative estimate of drug-likeness (QED) is 0.609. The summed E-state index contributed by atoms with van der Waals surface area (Å²) in [5.41, 5.74) is 0.635. The van der Waals surface area contributed by atoms with Crippen molar-refractivity contribution < 1.29 is 19.4 Å². The van der Waals surface area contributed by atoms with Crippen molar-refractivity contribution in [3.05, 3.63) is 23.3 Å². The van der Waals surface area contributed by atoms with Crippen LogP contribution in [0.1, 0.15) is 22.8 Å². The molecule has 5 nitrogen and oxygen atoms in total. The molecule has 1 rings (SSSR count). The maximum Gasteiger partial charge on any atom is 0.217 e. The summed E-state index contributed by atoms with van der Waals surface area (Å²) in [5.74, 6) is 5.20. The van der Waals surface area contributed by atoms with Crippen molar-refractivity contribution in [2.24, 2.45) is 0 Å². The first-order valence-electron chi connectivity index (χ1n) is 5.18. The molecule has 1 aromatic rings. The fraction of sp³-hybridized carbons (Fsp3) is 0.231. The van der Waals surface area contributed by atoms with Crippen molar-refractivity contribution in [2.75, 3.05) is 13.7 Å². The predicted molar refractivity (Wildman–Crippen MR) is 65.6 cm³/mol. The van der Waals surface area contributed by atoms with Gasteiger partial charge in [-0.15, -0.1) is 0 Å². The minimum absolute atomic E-state index is 0.126. The van der Waals surface area contributed by atoms with Crippen LogP contribution < -0.4 is 10.1 Å². The second-order valence-corrected chi connectivity index (χ2v) is 3.45. The molecule has 0 heterocycles. The number of nitrogens with one attached hydrogen (secondary N) is 1. The van der Waals surface area contributed by atoms with Gasteiger partial charge in [-0.1, -0.05) is 11.8 Å². The van der Waals surface area contributed by atoms with E-state index >= 15 is 0 Å². The first kappa shape index (κ1) is 13.6. The highest BCUT2D eigenvalue weighted by atomic mass is 16.5. The Morgan fingerprint density at radius 2 is 2.28 bits per heavy atom. The molecule has 0 saturated carbocycles. The smallest absolute Gasteiger partial charge is 0.217 e. The number of phenolic OH excluding ortho intramolecular Hbond substituents is 1. The van der Waals surface area contributed by atoms with Crippen LogP contribution in [0.15, 0.2) is 12.1 Å². The minimum Gasteiger partial charge on any atom is -0.503 e. The average Bonchev–Trinajstić information content (AvgIpc) is 2.36. The van der Waals surface area contributed by atoms with Crippen LogP contribution in [0.25, 0.3) is 0 Å². The number of phenols is 1. The van der Waals surface area contributed by atoms with E-state index in [2.05, 4.69) is 17.2 Å². The lowest BCUT2D eigenvalue weighted by Crippen LogP contribution is -2.19. The van der Waals surface area contributed by atoms with Gasteiger partial charge in [-0.05, 0) is 12.1 Å². The molecule has 0 aliphatic carbocycles. The Labute approximate surface area is 105 Å². The van der Waals surface area contributed by atoms with Crippen molar-refractivity contribution in [2.45, 2.75) is 6.92 Å². The molecule has 0 aromatic heterocycles. The van der Waals surface area contributed by atoms with E-state index in [1.165, 1.54) is 26.2 Å². The number of amides is 1. The maximum absolute atomic E-state index is 10.7. The largest absolute Gasteiger partial charge is 0.503 e. The second kappa shape index (κ2) is 6.30. The molecule has 0 atom stereocenters. The molecule has 0 radical (unpaired) electrons. The van der Waals surface area contributed by atoms with E-state index in [1.54, 1.807) is 0 Å². The van der Waals surface area contributed by atoms with Crippen molar-refractivity contribution in [3.8, 4) is 23.3 Å². The molecule has 0 saturated heterocycles. The summed E-state index contributed by atoms with van der Waals surface area (Å²) in [6, 6.07) is 2.87. The van der Waals surface area contributed by atoms with E-state index in [0.717, 1.165) is 0 Å². The Morgan fingerprint density at radius 1 is 1.56 bits per heavy atom. The van der Waals surface area contributed by atoms with Gasteiger partial charge >= 0.3 is 0 Å². The Bertz CT molecular complexity index is 526. The summed E-state index contributed by atoms with van der Waals surface area (Å²) in [5, 5.41) is 12.3. The highest BCUT2D eigenvalue weighted by Crippen LogP contribution is 2.30. The lowest BCUT2D eigenvalue weighted by molar-refractivity contribution is -0.118. The van der Waals surface area contributed by atoms with E-state index in [4.69, 9.17) is 4.74 Å². The fourth-order valence-electron chi connectivity index (χ4n) is 1.26. The van der Waals surface area contributed by atoms with Crippen molar-refractivity contribution >= 4 is 12.2 Å². The van der Waals surface area contributed by atoms with E-state index < -0.39 is 0 Å². The molecule has 0 spiro atoms. The van der Waals surface area contributed by atoms with Gasteiger partial charge in [0, 0.05) is 12.5 Å². The zero-order valence-electron chi connectivity index (χ0n) is 10.1. The standard InChI is InChI=1S/C13H13NO4/c1-9(16)14-5-3-4-11-6-10(8-15)7-12(18-2)13(11)17/h6-8,17H,5H2,1-2H3,(H,14,16). The predicted octanol–water partition coefficient (Wildman–Crippen LogP) is 0.701. The summed E-state index contributed by atoms with van der Waals surface area (Å²) in [7, 11) is 1.39. The number of carbonyl (C=O) groups excluding carboxylic acids is 2. The summed E-state index contributed by atoms with van der Waals surface area (Å²) < 4.78 is 4.93. The van der Waals surface area contributed by atoms with Crippen molar-refractivity contribution in [1.29, 1.82) is 0 Å². The molecular weight excluding hydrogens is 234 g/mol. The molecule has 0 aliphatic heterocycles. The Balaban J connectivity index is 3.00. The molecule has 2 N–H and O–H groups in total. The van der Waals surface area contributed by atoms with Gasteiger partial charge in [0.25, 0.3) is 0 Å². The van der Waals surface area contributed by atoms with Crippen LogP contribution in [0.3, 0.4) is 0 Å². The second-order valence-electron chi connectivity index (χ2n) is 3.45. The number of carbonyl (C=O) groups is 2. The fourth-order valence-corrected chi connectivity index (χ4v) is 1.26. The molecule has 0 unspecified atom stereocenters. The molecule has 0 fully saturated rings. The Hall–Kier alpha value is -2.48. The van der Waals surface area contributed by atoms with Gasteiger partial charge < -0.3 is 15.2 Å². The van der Waals surface area contributed by atoms with Gasteiger partial charge in [0.2, 0.25) is 5.91 Å². The minimum atomic E-state index is -0.187. The number of hydrogen-bond acceptors (Lipinski definition) is 4. The van der Waals surface area contributed by atoms with Crippen LogP contribution in [0.4, 0.5) is 0 Å². The normalized spacial score (nSPS) is 9.00. The van der Waals surface area contributed by atoms with Crippen LogP contribution in [-0.4, -0.2) is 31.0 Å². The average molecular weight is 247 g/mol. The third-order valence-corrected chi connectivity index (χ3v) is 2.10. The number of hydrogen-bond donors (Lipinski definition) is 2. The van der Waals surface area contributed by atoms with E-state index in [9.17, 15) is 14.7 Å². The van der Waals surface area contributed by atoms with E-state index in [1.807, 2.05) is 0 Å². The van der Waals surface area contributed by atoms with Gasteiger partial charge in [-0.25, -0.2) is 0 Å². The van der Waals surface area contributed by atoms with Gasteiger partial charge in [0.15, 0.2) is 11.5 Å². The van der Waals surface area contributed by atoms with Crippen molar-refractivity contribution in [3.63, 3.8) is 0 Å². The van der Waals surface area contributed by atoms with Crippen LogP contribution in [0, 0.1) is 11.8 Å². The van der Waals surface area contributed by atoms with Gasteiger partial charge in [-0.3, -0.25) is 9.59 Å². The maximum atomic E-state index is 10.7. The molecule has 0 aliphatic rings. The Morgan fingerprint density at radius 3 is 2.83 bits per heavy atom. The lowest BCUT2D eigenvalue weighted by Gasteiger charge is -2.05. The third kappa shape index (κ3) is 3.52. The zero-order chi connectivity index (χ0) is 13.5. The van der Waals surface area contributed by atoms with Crippen LogP contribution in [0.2, 0.25) is 0 Å². The third-order valence-electron chi connectivity index (χ3n) is 2.10. The number of methoxy groups -OCH3 is 1. The first-order chi connectivity index (χ1) is 8.58. The van der Waals surface area contributed by atoms with Crippen molar-refractivity contribution in [1.82, 2.24) is 5.32 Å². The lowest BCUT2D eigenvalue weighted by atomic mass is 10.1. The van der Waals surface area contributed by atoms with Gasteiger partial charge in [0.05, 0.1) is 19.2 Å². The number of rotatable bonds is 3. The topological polar surface area (TPSA) is 75.6 Å². The highest BCUT2D eigenvalue weighted by molar-refractivity contribution is 5.78. The van der Waals surface area contributed by atoms with E-state index in [0.29, 0.717) is 11.8 Å². The summed E-state index contributed by atoms with van der Waals surface area (Å²) in [6.45, 7) is 1.55. The molecule has 1 amide bonds. The first-order valence-corrected chi connectivity index (χ1v) is 5.18.